The van der Waals surface area contributed by atoms with Crippen LogP contribution in [-0.4, -0.2) is 69.0 Å². The van der Waals surface area contributed by atoms with Crippen molar-refractivity contribution in [1.82, 2.24) is 5.32 Å². The van der Waals surface area contributed by atoms with Gasteiger partial charge in [-0.1, -0.05) is 65.8 Å². The molecule has 15 heteroatoms. The van der Waals surface area contributed by atoms with E-state index in [0.717, 1.165) is 42.7 Å². The number of carboxylic acid groups (broad SMARTS) is 2. The Balaban J connectivity index is 0.000000333. The van der Waals surface area contributed by atoms with Gasteiger partial charge in [0.15, 0.2) is 11.4 Å². The van der Waals surface area contributed by atoms with Crippen LogP contribution in [-0.2, 0) is 26.9 Å². The molecule has 4 N–H and O–H groups in total. The average Bonchev–Trinajstić information content (AvgIpc) is 3.49. The standard InChI is InChI=1S/C38H46O9.C17H18F3NO.ClH/c1-21(2)11-10-18-36(8)19-17-24-29(39)28-30(40)26-12-9-13-27-35(6,7)47-37(34(43)44,20-16-23(5)33(41)42)38(26,27)46-32(28)25(31(24)45-36)15-14-22(3)4;1-21-12-11-16(13-5-3-2-4-6-13)22-15-9-7-14(8-10-15)17(18,19)20;/h11-12,14,16-17,19,27,39H,9-10,13,15,18,20H2,1-8H3,(H,41,42)(H,43,44);2-10,16,21H,11-12H2,1H3;1H. The molecule has 0 saturated carbocycles. The Labute approximate surface area is 414 Å². The molecule has 5 unspecified atom stereocenters. The molecule has 378 valence electrons. The van der Waals surface area contributed by atoms with Gasteiger partial charge in [0.2, 0.25) is 5.60 Å². The van der Waals surface area contributed by atoms with E-state index in [9.17, 15) is 42.9 Å². The first-order valence-corrected chi connectivity index (χ1v) is 23.3. The number of carbonyl (C=O) groups excluding carboxylic acids is 1. The van der Waals surface area contributed by atoms with Crippen LogP contribution in [0.25, 0.3) is 6.08 Å². The minimum Gasteiger partial charge on any atom is -0.506 e. The molecule has 1 aliphatic carbocycles. The van der Waals surface area contributed by atoms with E-state index in [2.05, 4.69) is 11.4 Å². The second-order valence-electron chi connectivity index (χ2n) is 19.4. The SMILES string of the molecule is CC(C)=CCCC1(C)C=Cc2c(O)c3c(c(CC=C(C)C)c2O1)OC12C(=CCCC1C(C)(C)OC2(CC=C(C)C(=O)O)C(=O)O)C3=O.CNCCC(Oc1ccc(C(F)(F)F)cc1)c1ccccc1.Cl. The number of phenolic OH excluding ortho intramolecular Hbond substituents is 1. The number of ketones is 1. The molecule has 0 bridgehead atoms. The molecule has 0 radical (unpaired) electrons. The van der Waals surface area contributed by atoms with Crippen LogP contribution in [0.2, 0.25) is 0 Å². The molecule has 7 rings (SSSR count). The molecule has 3 aromatic carbocycles. The number of phenols is 1. The Hall–Kier alpha value is -5.83. The molecule has 3 aromatic rings. The number of Topliss-reactive ketones (excluding diaryl/α,β-unsaturated/α-hetero) is 1. The number of alkyl halides is 3. The fourth-order valence-electron chi connectivity index (χ4n) is 9.79. The summed E-state index contributed by atoms with van der Waals surface area (Å²) in [5.41, 5.74) is -2.35. The molecule has 1 saturated heterocycles. The minimum atomic E-state index is -4.33. The largest absolute Gasteiger partial charge is 0.506 e. The van der Waals surface area contributed by atoms with Crippen molar-refractivity contribution >= 4 is 36.2 Å². The van der Waals surface area contributed by atoms with Gasteiger partial charge in [-0.05, 0) is 143 Å². The highest BCUT2D eigenvalue weighted by atomic mass is 35.5. The summed E-state index contributed by atoms with van der Waals surface area (Å²) in [5.74, 6) is -3.10. The van der Waals surface area contributed by atoms with Crippen molar-refractivity contribution in [3.8, 4) is 23.0 Å². The monoisotopic (exact) mass is 991 g/mol. The van der Waals surface area contributed by atoms with Gasteiger partial charge in [-0.3, -0.25) is 4.79 Å². The molecular weight excluding hydrogens is 927 g/mol. The summed E-state index contributed by atoms with van der Waals surface area (Å²) in [4.78, 5) is 40.0. The van der Waals surface area contributed by atoms with Crippen LogP contribution in [0.3, 0.4) is 0 Å². The number of benzene rings is 3. The van der Waals surface area contributed by atoms with Crippen LogP contribution in [0.1, 0.15) is 133 Å². The lowest BCUT2D eigenvalue weighted by atomic mass is 9.60. The lowest BCUT2D eigenvalue weighted by molar-refractivity contribution is -0.184. The second kappa shape index (κ2) is 21.7. The maximum absolute atomic E-state index is 14.7. The fourth-order valence-corrected chi connectivity index (χ4v) is 9.79. The quantitative estimate of drug-likeness (QED) is 0.0847. The van der Waals surface area contributed by atoms with Crippen molar-refractivity contribution in [2.24, 2.45) is 5.92 Å². The van der Waals surface area contributed by atoms with Crippen LogP contribution in [0.4, 0.5) is 13.2 Å². The van der Waals surface area contributed by atoms with E-state index in [4.69, 9.17) is 18.9 Å². The summed E-state index contributed by atoms with van der Waals surface area (Å²) in [7, 11) is 1.85. The third-order valence-corrected chi connectivity index (χ3v) is 13.3. The Bertz CT molecular complexity index is 2590. The van der Waals surface area contributed by atoms with Gasteiger partial charge in [0.1, 0.15) is 40.3 Å². The summed E-state index contributed by atoms with van der Waals surface area (Å²) < 4.78 is 63.8. The summed E-state index contributed by atoms with van der Waals surface area (Å²) in [5, 5.41) is 35.5. The Morgan fingerprint density at radius 3 is 2.17 bits per heavy atom. The number of aromatic hydroxyl groups is 1. The number of hydrogen-bond acceptors (Lipinski definition) is 9. The molecule has 4 aliphatic rings. The van der Waals surface area contributed by atoms with Crippen molar-refractivity contribution in [3.63, 3.8) is 0 Å². The third kappa shape index (κ3) is 11.0. The zero-order chi connectivity index (χ0) is 50.7. The van der Waals surface area contributed by atoms with Gasteiger partial charge in [-0.15, -0.1) is 12.4 Å². The molecule has 11 nitrogen and oxygen atoms in total. The summed E-state index contributed by atoms with van der Waals surface area (Å²) >= 11 is 0. The first-order chi connectivity index (χ1) is 32.4. The fraction of sp³-hybridized carbons (Fsp3) is 0.436. The number of nitrogens with one attached hydrogen (secondary N) is 1. The Morgan fingerprint density at radius 1 is 0.929 bits per heavy atom. The number of fused-ring (bicyclic) bond motifs is 2. The van der Waals surface area contributed by atoms with Crippen molar-refractivity contribution < 1.29 is 61.8 Å². The summed E-state index contributed by atoms with van der Waals surface area (Å²) in [6, 6.07) is 14.4. The average molecular weight is 993 g/mol. The zero-order valence-electron chi connectivity index (χ0n) is 41.2. The molecule has 0 amide bonds. The van der Waals surface area contributed by atoms with E-state index >= 15 is 0 Å². The van der Waals surface area contributed by atoms with Crippen LogP contribution in [0.15, 0.2) is 107 Å². The topological polar surface area (TPSA) is 161 Å². The maximum Gasteiger partial charge on any atom is 0.416 e. The van der Waals surface area contributed by atoms with Gasteiger partial charge >= 0.3 is 18.1 Å². The summed E-state index contributed by atoms with van der Waals surface area (Å²) in [6.45, 7) is 15.6. The minimum absolute atomic E-state index is 0. The molecule has 70 heavy (non-hydrogen) atoms. The lowest BCUT2D eigenvalue weighted by Crippen LogP contribution is -2.66. The first-order valence-electron chi connectivity index (χ1n) is 23.3. The van der Waals surface area contributed by atoms with Crippen molar-refractivity contribution in [3.05, 3.63) is 135 Å². The van der Waals surface area contributed by atoms with Crippen molar-refractivity contribution in [2.75, 3.05) is 13.6 Å². The van der Waals surface area contributed by atoms with Crippen LogP contribution in [0, 0.1) is 5.92 Å². The predicted molar refractivity (Wildman–Crippen MR) is 265 cm³/mol. The zero-order valence-corrected chi connectivity index (χ0v) is 42.0. The Kier molecular flexibility index (Phi) is 17.1. The second-order valence-corrected chi connectivity index (χ2v) is 19.4. The number of aliphatic carboxylic acids is 2. The highest BCUT2D eigenvalue weighted by Crippen LogP contribution is 2.64. The molecule has 0 aromatic heterocycles. The molecule has 1 spiro atoms. The van der Waals surface area contributed by atoms with Gasteiger partial charge in [0.25, 0.3) is 0 Å². The molecule has 1 fully saturated rings. The lowest BCUT2D eigenvalue weighted by Gasteiger charge is -2.50. The highest BCUT2D eigenvalue weighted by Gasteiger charge is 2.77. The number of rotatable bonds is 15. The van der Waals surface area contributed by atoms with Crippen LogP contribution < -0.4 is 19.5 Å². The van der Waals surface area contributed by atoms with Crippen LogP contribution in [0.5, 0.6) is 23.0 Å². The maximum atomic E-state index is 14.7. The first kappa shape index (κ1) is 55.1. The van der Waals surface area contributed by atoms with Gasteiger partial charge in [0, 0.05) is 35.5 Å². The highest BCUT2D eigenvalue weighted by molar-refractivity contribution is 6.17. The molecular formula is C55H65ClF3NO10. The molecule has 3 aliphatic heterocycles. The normalized spacial score (nSPS) is 23.1. The number of allylic oxidation sites excluding steroid dienone is 5. The van der Waals surface area contributed by atoms with Gasteiger partial charge in [-0.2, -0.15) is 13.2 Å². The van der Waals surface area contributed by atoms with Crippen molar-refractivity contribution in [2.45, 2.75) is 135 Å². The summed E-state index contributed by atoms with van der Waals surface area (Å²) in [6.07, 6.45) is 9.31. The van der Waals surface area contributed by atoms with E-state index in [1.807, 2.05) is 84.2 Å². The molecule has 5 atom stereocenters. The van der Waals surface area contributed by atoms with E-state index < -0.39 is 57.8 Å². The van der Waals surface area contributed by atoms with Gasteiger partial charge in [-0.25, -0.2) is 9.59 Å². The van der Waals surface area contributed by atoms with E-state index in [-0.39, 0.29) is 53.1 Å². The van der Waals surface area contributed by atoms with Crippen LogP contribution >= 0.6 is 12.4 Å². The third-order valence-electron chi connectivity index (χ3n) is 13.3. The number of halogens is 4. The van der Waals surface area contributed by atoms with E-state index in [1.54, 1.807) is 26.0 Å². The predicted octanol–water partition coefficient (Wildman–Crippen LogP) is 12.4. The number of carbonyl (C=O) groups is 3. The smallest absolute Gasteiger partial charge is 0.416 e. The number of ether oxygens (including phenoxy) is 4. The molecule has 3 heterocycles. The van der Waals surface area contributed by atoms with Crippen molar-refractivity contribution in [1.29, 1.82) is 0 Å². The van der Waals surface area contributed by atoms with Gasteiger partial charge < -0.3 is 39.6 Å². The Morgan fingerprint density at radius 2 is 1.59 bits per heavy atom. The number of hydrogen-bond donors (Lipinski definition) is 4. The van der Waals surface area contributed by atoms with Gasteiger partial charge in [0.05, 0.1) is 16.7 Å². The van der Waals surface area contributed by atoms with E-state index in [1.165, 1.54) is 30.7 Å². The van der Waals surface area contributed by atoms with E-state index in [0.29, 0.717) is 48.3 Å². The number of carboxylic acids is 2.